The summed E-state index contributed by atoms with van der Waals surface area (Å²) in [6, 6.07) is 0.554. The van der Waals surface area contributed by atoms with Crippen LogP contribution in [0.4, 0.5) is 0 Å². The molecule has 0 radical (unpaired) electrons. The number of fused-ring (bicyclic) bond motifs is 3. The lowest BCUT2D eigenvalue weighted by Crippen LogP contribution is -2.63. The molecule has 1 N–H and O–H groups in total. The average Bonchev–Trinajstić information content (AvgIpc) is 2.47. The standard InChI is InChI=1S/C15H27N3O/c19-15(10-13-4-2-1-3-5-13)16-11-14-12-17-6-8-18(14)9-7-17/h13-14H,1-12H2,(H,16,19). The maximum Gasteiger partial charge on any atom is 0.220 e. The predicted octanol–water partition coefficient (Wildman–Crippen LogP) is 1.07. The van der Waals surface area contributed by atoms with Gasteiger partial charge in [-0.2, -0.15) is 0 Å². The van der Waals surface area contributed by atoms with Gasteiger partial charge < -0.3 is 5.32 Å². The van der Waals surface area contributed by atoms with Crippen LogP contribution in [0.2, 0.25) is 0 Å². The normalized spacial score (nSPS) is 35.3. The summed E-state index contributed by atoms with van der Waals surface area (Å²) in [7, 11) is 0. The van der Waals surface area contributed by atoms with Crippen LogP contribution in [0.25, 0.3) is 0 Å². The number of nitrogens with one attached hydrogen (secondary N) is 1. The van der Waals surface area contributed by atoms with Crippen molar-refractivity contribution in [2.45, 2.75) is 44.6 Å². The van der Waals surface area contributed by atoms with E-state index in [0.717, 1.165) is 19.5 Å². The van der Waals surface area contributed by atoms with Crippen molar-refractivity contribution in [1.82, 2.24) is 15.1 Å². The molecule has 1 amide bonds. The molecule has 4 heteroatoms. The van der Waals surface area contributed by atoms with Gasteiger partial charge in [-0.15, -0.1) is 0 Å². The summed E-state index contributed by atoms with van der Waals surface area (Å²) in [5, 5.41) is 3.18. The van der Waals surface area contributed by atoms with E-state index >= 15 is 0 Å². The van der Waals surface area contributed by atoms with Crippen LogP contribution in [-0.2, 0) is 4.79 Å². The Morgan fingerprint density at radius 1 is 1.05 bits per heavy atom. The Morgan fingerprint density at radius 2 is 1.79 bits per heavy atom. The summed E-state index contributed by atoms with van der Waals surface area (Å²) in [6.07, 6.45) is 7.29. The molecular formula is C15H27N3O. The van der Waals surface area contributed by atoms with Crippen molar-refractivity contribution in [1.29, 1.82) is 0 Å². The smallest absolute Gasteiger partial charge is 0.220 e. The zero-order valence-electron chi connectivity index (χ0n) is 11.9. The van der Waals surface area contributed by atoms with Gasteiger partial charge in [-0.1, -0.05) is 19.3 Å². The minimum Gasteiger partial charge on any atom is -0.354 e. The molecule has 3 heterocycles. The van der Waals surface area contributed by atoms with Crippen LogP contribution in [0.5, 0.6) is 0 Å². The van der Waals surface area contributed by atoms with Gasteiger partial charge in [-0.3, -0.25) is 14.6 Å². The van der Waals surface area contributed by atoms with Gasteiger partial charge in [0, 0.05) is 51.7 Å². The van der Waals surface area contributed by atoms with Gasteiger partial charge in [0.1, 0.15) is 0 Å². The van der Waals surface area contributed by atoms with E-state index in [2.05, 4.69) is 15.1 Å². The molecule has 0 aromatic heterocycles. The van der Waals surface area contributed by atoms with Crippen molar-refractivity contribution in [2.24, 2.45) is 5.92 Å². The second-order valence-electron chi connectivity index (χ2n) is 6.50. The van der Waals surface area contributed by atoms with Gasteiger partial charge in [0.15, 0.2) is 0 Å². The highest BCUT2D eigenvalue weighted by Gasteiger charge is 2.31. The Morgan fingerprint density at radius 3 is 2.42 bits per heavy atom. The number of rotatable bonds is 4. The fourth-order valence-electron chi connectivity index (χ4n) is 3.88. The molecule has 1 aliphatic carbocycles. The molecule has 19 heavy (non-hydrogen) atoms. The SMILES string of the molecule is O=C(CC1CCCCC1)NCC1CN2CCN1CC2. The van der Waals surface area contributed by atoms with Crippen LogP contribution in [0.15, 0.2) is 0 Å². The van der Waals surface area contributed by atoms with Crippen LogP contribution in [0, 0.1) is 5.92 Å². The van der Waals surface area contributed by atoms with Crippen molar-refractivity contribution in [3.63, 3.8) is 0 Å². The van der Waals surface area contributed by atoms with Crippen LogP contribution in [-0.4, -0.2) is 61.0 Å². The summed E-state index contributed by atoms with van der Waals surface area (Å²) < 4.78 is 0. The van der Waals surface area contributed by atoms with Crippen LogP contribution in [0.1, 0.15) is 38.5 Å². The Bertz CT molecular complexity index is 307. The number of amides is 1. The predicted molar refractivity (Wildman–Crippen MR) is 76.0 cm³/mol. The van der Waals surface area contributed by atoms with Crippen LogP contribution >= 0.6 is 0 Å². The number of hydrogen-bond donors (Lipinski definition) is 1. The highest BCUT2D eigenvalue weighted by Crippen LogP contribution is 2.26. The van der Waals surface area contributed by atoms with Crippen molar-refractivity contribution in [3.05, 3.63) is 0 Å². The third-order valence-electron chi connectivity index (χ3n) is 5.13. The zero-order valence-corrected chi connectivity index (χ0v) is 11.9. The van der Waals surface area contributed by atoms with Crippen molar-refractivity contribution in [3.8, 4) is 0 Å². The fraction of sp³-hybridized carbons (Fsp3) is 0.933. The van der Waals surface area contributed by atoms with Gasteiger partial charge in [0.2, 0.25) is 5.91 Å². The molecule has 1 atom stereocenters. The molecule has 0 spiro atoms. The summed E-state index contributed by atoms with van der Waals surface area (Å²) in [6.45, 7) is 6.79. The molecule has 0 aromatic carbocycles. The number of carbonyl (C=O) groups is 1. The maximum absolute atomic E-state index is 12.0. The summed E-state index contributed by atoms with van der Waals surface area (Å²) in [4.78, 5) is 17.1. The second-order valence-corrected chi connectivity index (χ2v) is 6.50. The first-order valence-electron chi connectivity index (χ1n) is 8.04. The first-order chi connectivity index (χ1) is 9.31. The summed E-state index contributed by atoms with van der Waals surface area (Å²) >= 11 is 0. The number of carbonyl (C=O) groups excluding carboxylic acids is 1. The largest absolute Gasteiger partial charge is 0.354 e. The summed E-state index contributed by atoms with van der Waals surface area (Å²) in [5.74, 6) is 0.935. The number of nitrogens with zero attached hydrogens (tertiary/aromatic N) is 2. The number of hydrogen-bond acceptors (Lipinski definition) is 3. The average molecular weight is 265 g/mol. The quantitative estimate of drug-likeness (QED) is 0.826. The molecule has 3 aliphatic heterocycles. The molecule has 4 nitrogen and oxygen atoms in total. The molecule has 4 fully saturated rings. The van der Waals surface area contributed by atoms with E-state index in [1.54, 1.807) is 0 Å². The Labute approximate surface area is 116 Å². The molecular weight excluding hydrogens is 238 g/mol. The minimum absolute atomic E-state index is 0.282. The van der Waals surface area contributed by atoms with E-state index in [1.165, 1.54) is 58.3 Å². The monoisotopic (exact) mass is 265 g/mol. The van der Waals surface area contributed by atoms with Crippen LogP contribution < -0.4 is 5.32 Å². The first-order valence-corrected chi connectivity index (χ1v) is 8.04. The third-order valence-corrected chi connectivity index (χ3v) is 5.13. The van der Waals surface area contributed by atoms with Crippen LogP contribution in [0.3, 0.4) is 0 Å². The van der Waals surface area contributed by atoms with Gasteiger partial charge in [-0.25, -0.2) is 0 Å². The topological polar surface area (TPSA) is 35.6 Å². The van der Waals surface area contributed by atoms with Gasteiger partial charge >= 0.3 is 0 Å². The Hall–Kier alpha value is -0.610. The lowest BCUT2D eigenvalue weighted by molar-refractivity contribution is -0.122. The molecule has 1 saturated carbocycles. The molecule has 3 saturated heterocycles. The highest BCUT2D eigenvalue weighted by molar-refractivity contribution is 5.76. The van der Waals surface area contributed by atoms with E-state index in [9.17, 15) is 4.79 Å². The highest BCUT2D eigenvalue weighted by atomic mass is 16.1. The zero-order chi connectivity index (χ0) is 13.1. The lowest BCUT2D eigenvalue weighted by atomic mass is 9.87. The van der Waals surface area contributed by atoms with E-state index < -0.39 is 0 Å². The first kappa shape index (κ1) is 13.4. The van der Waals surface area contributed by atoms with E-state index in [-0.39, 0.29) is 5.91 Å². The van der Waals surface area contributed by atoms with Crippen molar-refractivity contribution >= 4 is 5.91 Å². The molecule has 1 unspecified atom stereocenters. The van der Waals surface area contributed by atoms with Crippen molar-refractivity contribution in [2.75, 3.05) is 39.3 Å². The van der Waals surface area contributed by atoms with E-state index in [0.29, 0.717) is 12.0 Å². The van der Waals surface area contributed by atoms with Gasteiger partial charge in [0.05, 0.1) is 0 Å². The molecule has 0 aromatic rings. The summed E-state index contributed by atoms with van der Waals surface area (Å²) in [5.41, 5.74) is 0. The fourth-order valence-corrected chi connectivity index (χ4v) is 3.88. The maximum atomic E-state index is 12.0. The van der Waals surface area contributed by atoms with Gasteiger partial charge in [-0.05, 0) is 18.8 Å². The Balaban J connectivity index is 1.38. The molecule has 4 aliphatic rings. The van der Waals surface area contributed by atoms with E-state index in [1.807, 2.05) is 0 Å². The second kappa shape index (κ2) is 6.23. The third kappa shape index (κ3) is 3.48. The Kier molecular flexibility index (Phi) is 4.38. The van der Waals surface area contributed by atoms with E-state index in [4.69, 9.17) is 0 Å². The minimum atomic E-state index is 0.282. The number of piperazine rings is 3. The van der Waals surface area contributed by atoms with Gasteiger partial charge in [0.25, 0.3) is 0 Å². The lowest BCUT2D eigenvalue weighted by Gasteiger charge is -2.47. The van der Waals surface area contributed by atoms with Crippen molar-refractivity contribution < 1.29 is 4.79 Å². The molecule has 2 bridgehead atoms. The molecule has 108 valence electrons. The molecule has 4 rings (SSSR count).